The molecule has 10 heteroatoms. The van der Waals surface area contributed by atoms with Gasteiger partial charge in [-0.05, 0) is 31.4 Å². The first-order chi connectivity index (χ1) is 17.1. The molecular weight excluding hydrogens is 480 g/mol. The molecule has 1 unspecified atom stereocenters. The zero-order chi connectivity index (χ0) is 26.0. The minimum atomic E-state index is -0.780. The number of carbonyl (C=O) groups excluding carboxylic acids is 2. The molecule has 0 radical (unpaired) electrons. The first-order valence-corrected chi connectivity index (χ1v) is 12.9. The highest BCUT2D eigenvalue weighted by Crippen LogP contribution is 2.32. The summed E-state index contributed by atoms with van der Waals surface area (Å²) in [5, 5.41) is 27.5. The Kier molecular flexibility index (Phi) is 7.75. The third kappa shape index (κ3) is 5.60. The van der Waals surface area contributed by atoms with E-state index < -0.39 is 12.1 Å². The van der Waals surface area contributed by atoms with Crippen molar-refractivity contribution in [3.05, 3.63) is 52.5 Å². The molecule has 1 saturated heterocycles. The molecule has 3 aromatic rings. The molecule has 0 saturated carbocycles. The maximum Gasteiger partial charge on any atom is 0.243 e. The molecule has 1 aliphatic heterocycles. The SMILES string of the molecule is Cc1cc(C(CC(=O)N2C[C@H](O)C[C@H]2C(=O)NCc2ccc(-c3scnc3C)cc2O)C(C)C)on1. The van der Waals surface area contributed by atoms with E-state index in [4.69, 9.17) is 4.52 Å². The summed E-state index contributed by atoms with van der Waals surface area (Å²) < 4.78 is 5.41. The van der Waals surface area contributed by atoms with E-state index in [-0.39, 0.29) is 55.3 Å². The van der Waals surface area contributed by atoms with Gasteiger partial charge in [-0.3, -0.25) is 9.59 Å². The van der Waals surface area contributed by atoms with Crippen LogP contribution >= 0.6 is 11.3 Å². The number of nitrogens with zero attached hydrogens (tertiary/aromatic N) is 3. The second-order valence-corrected chi connectivity index (χ2v) is 10.6. The molecular formula is C26H32N4O5S. The van der Waals surface area contributed by atoms with Crippen molar-refractivity contribution in [3.8, 4) is 16.2 Å². The molecule has 3 atom stereocenters. The summed E-state index contributed by atoms with van der Waals surface area (Å²) in [6.07, 6.45) is -0.451. The first kappa shape index (κ1) is 25.8. The van der Waals surface area contributed by atoms with Gasteiger partial charge in [0.2, 0.25) is 11.8 Å². The summed E-state index contributed by atoms with van der Waals surface area (Å²) in [5.74, 6) is 0.0783. The number of benzene rings is 1. The molecule has 36 heavy (non-hydrogen) atoms. The Morgan fingerprint density at radius 3 is 2.67 bits per heavy atom. The number of aromatic hydroxyl groups is 1. The Balaban J connectivity index is 1.41. The van der Waals surface area contributed by atoms with Gasteiger partial charge >= 0.3 is 0 Å². The number of nitrogens with one attached hydrogen (secondary N) is 1. The van der Waals surface area contributed by atoms with Crippen LogP contribution in [-0.4, -0.2) is 55.8 Å². The molecule has 0 bridgehead atoms. The van der Waals surface area contributed by atoms with Crippen LogP contribution in [0.4, 0.5) is 0 Å². The number of aliphatic hydroxyl groups excluding tert-OH is 1. The quantitative estimate of drug-likeness (QED) is 0.421. The molecule has 4 rings (SSSR count). The van der Waals surface area contributed by atoms with Crippen molar-refractivity contribution < 1.29 is 24.3 Å². The first-order valence-electron chi connectivity index (χ1n) is 12.0. The number of hydrogen-bond acceptors (Lipinski definition) is 8. The Bertz CT molecular complexity index is 1240. The van der Waals surface area contributed by atoms with Crippen molar-refractivity contribution in [1.29, 1.82) is 0 Å². The molecule has 1 aliphatic rings. The minimum absolute atomic E-state index is 0.0714. The fourth-order valence-electron chi connectivity index (χ4n) is 4.60. The van der Waals surface area contributed by atoms with Crippen molar-refractivity contribution in [2.24, 2.45) is 5.92 Å². The monoisotopic (exact) mass is 512 g/mol. The van der Waals surface area contributed by atoms with Crippen LogP contribution < -0.4 is 5.32 Å². The van der Waals surface area contributed by atoms with Crippen LogP contribution in [0.15, 0.2) is 34.3 Å². The third-order valence-electron chi connectivity index (χ3n) is 6.66. The number of rotatable bonds is 8. The van der Waals surface area contributed by atoms with Gasteiger partial charge in [0.05, 0.1) is 27.9 Å². The minimum Gasteiger partial charge on any atom is -0.508 e. The molecule has 2 aromatic heterocycles. The van der Waals surface area contributed by atoms with E-state index in [0.29, 0.717) is 11.3 Å². The van der Waals surface area contributed by atoms with Crippen LogP contribution in [0.1, 0.15) is 55.3 Å². The maximum absolute atomic E-state index is 13.2. The van der Waals surface area contributed by atoms with Gasteiger partial charge in [0.15, 0.2) is 0 Å². The van der Waals surface area contributed by atoms with E-state index in [1.165, 1.54) is 16.2 Å². The fourth-order valence-corrected chi connectivity index (χ4v) is 5.40. The van der Waals surface area contributed by atoms with Gasteiger partial charge in [0.25, 0.3) is 0 Å². The summed E-state index contributed by atoms with van der Waals surface area (Å²) in [7, 11) is 0. The Labute approximate surface area is 214 Å². The Hall–Kier alpha value is -3.24. The molecule has 0 aliphatic carbocycles. The molecule has 3 N–H and O–H groups in total. The number of aliphatic hydroxyl groups is 1. The second kappa shape index (κ2) is 10.8. The Morgan fingerprint density at radius 2 is 2.06 bits per heavy atom. The van der Waals surface area contributed by atoms with Gasteiger partial charge in [0, 0.05) is 43.5 Å². The highest BCUT2D eigenvalue weighted by Gasteiger charge is 2.40. The molecule has 0 spiro atoms. The van der Waals surface area contributed by atoms with Gasteiger partial charge in [-0.25, -0.2) is 4.98 Å². The van der Waals surface area contributed by atoms with Gasteiger partial charge in [0.1, 0.15) is 17.6 Å². The zero-order valence-electron chi connectivity index (χ0n) is 20.9. The van der Waals surface area contributed by atoms with Gasteiger partial charge < -0.3 is 25.0 Å². The van der Waals surface area contributed by atoms with E-state index in [0.717, 1.165) is 21.8 Å². The molecule has 1 aromatic carbocycles. The molecule has 1 fully saturated rings. The van der Waals surface area contributed by atoms with E-state index in [1.807, 2.05) is 39.8 Å². The number of likely N-dealkylation sites (tertiary alicyclic amines) is 1. The van der Waals surface area contributed by atoms with Crippen LogP contribution in [0.3, 0.4) is 0 Å². The number of carbonyl (C=O) groups is 2. The van der Waals surface area contributed by atoms with Crippen molar-refractivity contribution in [3.63, 3.8) is 0 Å². The predicted octanol–water partition coefficient (Wildman–Crippen LogP) is 3.53. The van der Waals surface area contributed by atoms with Crippen LogP contribution in [0.2, 0.25) is 0 Å². The number of phenolic OH excluding ortho intramolecular Hbond substituents is 1. The molecule has 9 nitrogen and oxygen atoms in total. The number of phenols is 1. The molecule has 2 amide bonds. The average Bonchev–Trinajstić information content (AvgIpc) is 3.55. The lowest BCUT2D eigenvalue weighted by molar-refractivity contribution is -0.139. The largest absolute Gasteiger partial charge is 0.508 e. The standard InChI is InChI=1S/C26H32N4O5S/c1-14(2)20(23-7-15(3)29-35-23)10-24(33)30-12-19(31)9-21(30)26(34)27-11-18-6-5-17(8-22(18)32)25-16(4)28-13-36-25/h5-8,13-14,19-21,31-32H,9-12H2,1-4H3,(H,27,34)/t19-,20?,21+/m1/s1. The topological polar surface area (TPSA) is 129 Å². The fraction of sp³-hybridized carbons (Fsp3) is 0.462. The summed E-state index contributed by atoms with van der Waals surface area (Å²) in [5.41, 5.74) is 4.82. The number of hydrogen-bond donors (Lipinski definition) is 3. The van der Waals surface area contributed by atoms with Crippen LogP contribution in [0.5, 0.6) is 5.75 Å². The predicted molar refractivity (Wildman–Crippen MR) is 135 cm³/mol. The average molecular weight is 513 g/mol. The Morgan fingerprint density at radius 1 is 1.28 bits per heavy atom. The second-order valence-electron chi connectivity index (χ2n) is 9.70. The number of amides is 2. The summed E-state index contributed by atoms with van der Waals surface area (Å²) in [6, 6.07) is 6.36. The maximum atomic E-state index is 13.2. The highest BCUT2D eigenvalue weighted by atomic mass is 32.1. The van der Waals surface area contributed by atoms with E-state index >= 15 is 0 Å². The van der Waals surface area contributed by atoms with E-state index in [2.05, 4.69) is 15.5 Å². The van der Waals surface area contributed by atoms with Gasteiger partial charge in [-0.2, -0.15) is 0 Å². The molecule has 3 heterocycles. The zero-order valence-corrected chi connectivity index (χ0v) is 21.7. The summed E-state index contributed by atoms with van der Waals surface area (Å²) in [4.78, 5) is 33.0. The number of aryl methyl sites for hydroxylation is 2. The van der Waals surface area contributed by atoms with Crippen molar-refractivity contribution in [2.75, 3.05) is 6.54 Å². The van der Waals surface area contributed by atoms with E-state index in [1.54, 1.807) is 17.6 Å². The van der Waals surface area contributed by atoms with Crippen LogP contribution in [-0.2, 0) is 16.1 Å². The van der Waals surface area contributed by atoms with Crippen LogP contribution in [0, 0.1) is 19.8 Å². The number of aromatic nitrogens is 2. The van der Waals surface area contributed by atoms with Gasteiger partial charge in [-0.1, -0.05) is 31.1 Å². The smallest absolute Gasteiger partial charge is 0.243 e. The van der Waals surface area contributed by atoms with Gasteiger partial charge in [-0.15, -0.1) is 11.3 Å². The lowest BCUT2D eigenvalue weighted by Gasteiger charge is -2.26. The molecule has 192 valence electrons. The van der Waals surface area contributed by atoms with Crippen molar-refractivity contribution in [1.82, 2.24) is 20.4 Å². The third-order valence-corrected chi connectivity index (χ3v) is 7.64. The number of β-amino-alcohol motifs (C(OH)–C–C–N with tert-alkyl or cyclic N) is 1. The highest BCUT2D eigenvalue weighted by molar-refractivity contribution is 7.13. The van der Waals surface area contributed by atoms with Crippen molar-refractivity contribution >= 4 is 23.2 Å². The number of thiazole rings is 1. The summed E-state index contributed by atoms with van der Waals surface area (Å²) in [6.45, 7) is 7.96. The lowest BCUT2D eigenvalue weighted by atomic mass is 9.89. The summed E-state index contributed by atoms with van der Waals surface area (Å²) >= 11 is 1.50. The normalized spacial score (nSPS) is 18.6. The van der Waals surface area contributed by atoms with Crippen molar-refractivity contribution in [2.45, 2.75) is 65.1 Å². The van der Waals surface area contributed by atoms with E-state index in [9.17, 15) is 19.8 Å². The van der Waals surface area contributed by atoms with Crippen LogP contribution in [0.25, 0.3) is 10.4 Å². The lowest BCUT2D eigenvalue weighted by Crippen LogP contribution is -2.46.